The van der Waals surface area contributed by atoms with Gasteiger partial charge < -0.3 is 10.0 Å². The Labute approximate surface area is 107 Å². The van der Waals surface area contributed by atoms with E-state index in [1.807, 2.05) is 18.2 Å². The molecule has 2 nitrogen and oxygen atoms in total. The van der Waals surface area contributed by atoms with Gasteiger partial charge in [0.15, 0.2) is 0 Å². The van der Waals surface area contributed by atoms with Gasteiger partial charge in [-0.25, -0.2) is 0 Å². The van der Waals surface area contributed by atoms with Crippen LogP contribution in [0.3, 0.4) is 0 Å². The Bertz CT molecular complexity index is 502. The summed E-state index contributed by atoms with van der Waals surface area (Å²) in [6.45, 7) is 0.941. The number of phenolic OH excluding ortho intramolecular Hbond substituents is 1. The van der Waals surface area contributed by atoms with Crippen LogP contribution in [0.25, 0.3) is 0 Å². The summed E-state index contributed by atoms with van der Waals surface area (Å²) in [5.41, 5.74) is 2.52. The fraction of sp³-hybridized carbons (Fsp3) is 0.250. The highest BCUT2D eigenvalue weighted by Gasteiger charge is 2.29. The van der Waals surface area contributed by atoms with E-state index in [-0.39, 0.29) is 0 Å². The zero-order chi connectivity index (χ0) is 12.4. The first-order valence-electron chi connectivity index (χ1n) is 6.42. The molecule has 1 N–H and O–H groups in total. The molecule has 92 valence electrons. The standard InChI is InChI=1S/C16H17NO/c18-16-10-8-15(9-11-16)17(14-6-7-14)12-13-4-2-1-3-5-13/h1-5,8-11,14,18H,6-7,12H2. The number of aromatic hydroxyl groups is 1. The second kappa shape index (κ2) is 4.73. The van der Waals surface area contributed by atoms with E-state index in [0.717, 1.165) is 6.54 Å². The molecule has 1 aliphatic carbocycles. The maximum Gasteiger partial charge on any atom is 0.115 e. The van der Waals surface area contributed by atoms with Gasteiger partial charge in [0.25, 0.3) is 0 Å². The van der Waals surface area contributed by atoms with Crippen LogP contribution in [0, 0.1) is 0 Å². The van der Waals surface area contributed by atoms with Crippen molar-refractivity contribution in [3.63, 3.8) is 0 Å². The van der Waals surface area contributed by atoms with Crippen molar-refractivity contribution in [1.29, 1.82) is 0 Å². The fourth-order valence-electron chi connectivity index (χ4n) is 2.24. The third-order valence-corrected chi connectivity index (χ3v) is 3.36. The Morgan fingerprint density at radius 2 is 1.61 bits per heavy atom. The summed E-state index contributed by atoms with van der Waals surface area (Å²) < 4.78 is 0. The largest absolute Gasteiger partial charge is 0.508 e. The van der Waals surface area contributed by atoms with Gasteiger partial charge in [0.1, 0.15) is 5.75 Å². The van der Waals surface area contributed by atoms with E-state index in [1.54, 1.807) is 12.1 Å². The van der Waals surface area contributed by atoms with E-state index in [4.69, 9.17) is 0 Å². The lowest BCUT2D eigenvalue weighted by atomic mass is 10.2. The van der Waals surface area contributed by atoms with Gasteiger partial charge in [-0.05, 0) is 42.7 Å². The number of nitrogens with zero attached hydrogens (tertiary/aromatic N) is 1. The van der Waals surface area contributed by atoms with Crippen molar-refractivity contribution in [3.8, 4) is 5.75 Å². The minimum atomic E-state index is 0.328. The molecule has 18 heavy (non-hydrogen) atoms. The van der Waals surface area contributed by atoms with Gasteiger partial charge in [-0.2, -0.15) is 0 Å². The Morgan fingerprint density at radius 3 is 2.22 bits per heavy atom. The van der Waals surface area contributed by atoms with Crippen LogP contribution >= 0.6 is 0 Å². The SMILES string of the molecule is Oc1ccc(N(Cc2ccccc2)C2CC2)cc1. The predicted molar refractivity (Wildman–Crippen MR) is 73.8 cm³/mol. The van der Waals surface area contributed by atoms with E-state index in [0.29, 0.717) is 11.8 Å². The summed E-state index contributed by atoms with van der Waals surface area (Å²) in [5, 5.41) is 9.36. The summed E-state index contributed by atoms with van der Waals surface area (Å²) >= 11 is 0. The van der Waals surface area contributed by atoms with Crippen molar-refractivity contribution in [2.24, 2.45) is 0 Å². The molecule has 0 heterocycles. The van der Waals surface area contributed by atoms with Gasteiger partial charge in [0.05, 0.1) is 0 Å². The molecular formula is C16H17NO. The first-order valence-corrected chi connectivity index (χ1v) is 6.42. The summed E-state index contributed by atoms with van der Waals surface area (Å²) in [6.07, 6.45) is 2.54. The van der Waals surface area contributed by atoms with Crippen LogP contribution in [-0.4, -0.2) is 11.1 Å². The number of phenols is 1. The second-order valence-corrected chi connectivity index (χ2v) is 4.86. The molecule has 2 aromatic rings. The lowest BCUT2D eigenvalue weighted by molar-refractivity contribution is 0.475. The van der Waals surface area contributed by atoms with Gasteiger partial charge in [-0.3, -0.25) is 0 Å². The van der Waals surface area contributed by atoms with Gasteiger partial charge >= 0.3 is 0 Å². The zero-order valence-corrected chi connectivity index (χ0v) is 10.3. The molecule has 0 atom stereocenters. The molecule has 2 heteroatoms. The van der Waals surface area contributed by atoms with Crippen LogP contribution < -0.4 is 4.90 Å². The zero-order valence-electron chi connectivity index (χ0n) is 10.3. The molecule has 0 radical (unpaired) electrons. The number of rotatable bonds is 4. The van der Waals surface area contributed by atoms with E-state index >= 15 is 0 Å². The predicted octanol–water partition coefficient (Wildman–Crippen LogP) is 3.56. The molecule has 0 unspecified atom stereocenters. The third kappa shape index (κ3) is 2.48. The van der Waals surface area contributed by atoms with Crippen LogP contribution in [0.15, 0.2) is 54.6 Å². The summed E-state index contributed by atoms with van der Waals surface area (Å²) in [4.78, 5) is 2.43. The maximum atomic E-state index is 9.36. The van der Waals surface area contributed by atoms with E-state index in [2.05, 4.69) is 29.2 Å². The van der Waals surface area contributed by atoms with E-state index in [1.165, 1.54) is 24.1 Å². The smallest absolute Gasteiger partial charge is 0.115 e. The molecule has 0 bridgehead atoms. The van der Waals surface area contributed by atoms with Crippen LogP contribution in [0.5, 0.6) is 5.75 Å². The summed E-state index contributed by atoms with van der Waals surface area (Å²) in [5.74, 6) is 0.328. The van der Waals surface area contributed by atoms with Crippen molar-refractivity contribution in [2.45, 2.75) is 25.4 Å². The molecule has 0 aliphatic heterocycles. The lowest BCUT2D eigenvalue weighted by Crippen LogP contribution is -2.24. The third-order valence-electron chi connectivity index (χ3n) is 3.36. The molecule has 1 fully saturated rings. The number of anilines is 1. The Kier molecular flexibility index (Phi) is 2.93. The van der Waals surface area contributed by atoms with Crippen LogP contribution in [-0.2, 0) is 6.54 Å². The van der Waals surface area contributed by atoms with Crippen LogP contribution in [0.1, 0.15) is 18.4 Å². The monoisotopic (exact) mass is 239 g/mol. The first-order chi connectivity index (χ1) is 8.83. The average Bonchev–Trinajstić information content (AvgIpc) is 3.23. The molecular weight excluding hydrogens is 222 g/mol. The first kappa shape index (κ1) is 11.1. The van der Waals surface area contributed by atoms with Gasteiger partial charge in [-0.1, -0.05) is 30.3 Å². The molecule has 1 aliphatic rings. The fourth-order valence-corrected chi connectivity index (χ4v) is 2.24. The molecule has 3 rings (SSSR count). The normalized spacial score (nSPS) is 14.4. The van der Waals surface area contributed by atoms with Crippen molar-refractivity contribution in [2.75, 3.05) is 4.90 Å². The number of benzene rings is 2. The number of hydrogen-bond acceptors (Lipinski definition) is 2. The van der Waals surface area contributed by atoms with E-state index < -0.39 is 0 Å². The quantitative estimate of drug-likeness (QED) is 0.881. The average molecular weight is 239 g/mol. The maximum absolute atomic E-state index is 9.36. The van der Waals surface area contributed by atoms with Crippen molar-refractivity contribution < 1.29 is 5.11 Å². The van der Waals surface area contributed by atoms with Crippen molar-refractivity contribution in [1.82, 2.24) is 0 Å². The van der Waals surface area contributed by atoms with Gasteiger partial charge in [0, 0.05) is 18.3 Å². The molecule has 0 spiro atoms. The summed E-state index contributed by atoms with van der Waals surface area (Å²) in [7, 11) is 0. The van der Waals surface area contributed by atoms with Crippen LogP contribution in [0.4, 0.5) is 5.69 Å². The van der Waals surface area contributed by atoms with Crippen LogP contribution in [0.2, 0.25) is 0 Å². The highest BCUT2D eigenvalue weighted by atomic mass is 16.3. The lowest BCUT2D eigenvalue weighted by Gasteiger charge is -2.25. The topological polar surface area (TPSA) is 23.5 Å². The molecule has 0 aromatic heterocycles. The highest BCUT2D eigenvalue weighted by molar-refractivity contribution is 5.51. The van der Waals surface area contributed by atoms with Crippen molar-refractivity contribution >= 4 is 5.69 Å². The summed E-state index contributed by atoms with van der Waals surface area (Å²) in [6, 6.07) is 18.7. The van der Waals surface area contributed by atoms with Gasteiger partial charge in [-0.15, -0.1) is 0 Å². The Balaban J connectivity index is 1.82. The van der Waals surface area contributed by atoms with Gasteiger partial charge in [0.2, 0.25) is 0 Å². The molecule has 0 saturated heterocycles. The Hall–Kier alpha value is -1.96. The minimum absolute atomic E-state index is 0.328. The van der Waals surface area contributed by atoms with E-state index in [9.17, 15) is 5.11 Å². The molecule has 1 saturated carbocycles. The second-order valence-electron chi connectivity index (χ2n) is 4.86. The number of hydrogen-bond donors (Lipinski definition) is 1. The molecule has 0 amide bonds. The highest BCUT2D eigenvalue weighted by Crippen LogP contribution is 2.33. The molecule has 2 aromatic carbocycles. The Morgan fingerprint density at radius 1 is 0.944 bits per heavy atom. The van der Waals surface area contributed by atoms with Crippen molar-refractivity contribution in [3.05, 3.63) is 60.2 Å². The minimum Gasteiger partial charge on any atom is -0.508 e.